The zero-order valence-corrected chi connectivity index (χ0v) is 13.3. The van der Waals surface area contributed by atoms with Crippen LogP contribution < -0.4 is 0 Å². The molecule has 0 aliphatic carbocycles. The Morgan fingerprint density at radius 1 is 1.13 bits per heavy atom. The van der Waals surface area contributed by atoms with Crippen molar-refractivity contribution in [3.05, 3.63) is 59.1 Å². The third-order valence-electron chi connectivity index (χ3n) is 3.03. The van der Waals surface area contributed by atoms with Gasteiger partial charge in [-0.2, -0.15) is 4.68 Å². The van der Waals surface area contributed by atoms with Crippen molar-refractivity contribution in [1.82, 2.24) is 20.2 Å². The first-order valence-corrected chi connectivity index (χ1v) is 7.99. The van der Waals surface area contributed by atoms with Crippen LogP contribution in [0.4, 0.5) is 0 Å². The highest BCUT2D eigenvalue weighted by molar-refractivity contribution is 7.99. The van der Waals surface area contributed by atoms with E-state index in [9.17, 15) is 9.90 Å². The number of nitrogens with zero attached hydrogens (tertiary/aromatic N) is 4. The molecule has 0 saturated carbocycles. The predicted molar refractivity (Wildman–Crippen MR) is 87.3 cm³/mol. The van der Waals surface area contributed by atoms with E-state index >= 15 is 0 Å². The van der Waals surface area contributed by atoms with Gasteiger partial charge in [-0.15, -0.1) is 5.10 Å². The highest BCUT2D eigenvalue weighted by Gasteiger charge is 2.12. The van der Waals surface area contributed by atoms with Crippen LogP contribution in [-0.2, 0) is 0 Å². The van der Waals surface area contributed by atoms with E-state index in [-0.39, 0.29) is 17.3 Å². The Morgan fingerprint density at radius 2 is 1.83 bits per heavy atom. The van der Waals surface area contributed by atoms with Crippen LogP contribution in [0.15, 0.2) is 53.7 Å². The number of aromatic hydroxyl groups is 1. The number of carbonyl (C=O) groups excluding carboxylic acids is 1. The molecule has 0 fully saturated rings. The smallest absolute Gasteiger partial charge is 0.214 e. The molecular weight excluding hydrogens is 336 g/mol. The summed E-state index contributed by atoms with van der Waals surface area (Å²) in [4.78, 5) is 12.2. The molecule has 0 aliphatic rings. The fourth-order valence-electron chi connectivity index (χ4n) is 1.87. The van der Waals surface area contributed by atoms with Gasteiger partial charge in [-0.05, 0) is 59.0 Å². The number of benzene rings is 2. The van der Waals surface area contributed by atoms with Crippen LogP contribution in [0, 0.1) is 0 Å². The molecule has 23 heavy (non-hydrogen) atoms. The molecule has 2 aromatic carbocycles. The molecule has 8 heteroatoms. The van der Waals surface area contributed by atoms with Gasteiger partial charge >= 0.3 is 0 Å². The summed E-state index contributed by atoms with van der Waals surface area (Å²) in [7, 11) is 0. The number of thioether (sulfide) groups is 1. The standard InChI is InChI=1S/C15H11ClN4O2S/c16-11-3-1-10(2-4-11)14(22)9-23-15-17-18-19-20(15)12-5-7-13(21)8-6-12/h1-8,21H,9H2. The largest absolute Gasteiger partial charge is 0.508 e. The Hall–Kier alpha value is -2.38. The van der Waals surface area contributed by atoms with Gasteiger partial charge in [0.25, 0.3) is 0 Å². The maximum absolute atomic E-state index is 12.2. The van der Waals surface area contributed by atoms with Crippen LogP contribution in [0.5, 0.6) is 5.75 Å². The van der Waals surface area contributed by atoms with Gasteiger partial charge in [0.1, 0.15) is 5.75 Å². The highest BCUT2D eigenvalue weighted by atomic mass is 35.5. The maximum Gasteiger partial charge on any atom is 0.214 e. The van der Waals surface area contributed by atoms with Crippen LogP contribution >= 0.6 is 23.4 Å². The molecular formula is C15H11ClN4O2S. The molecule has 0 aliphatic heterocycles. The van der Waals surface area contributed by atoms with Crippen LogP contribution in [0.3, 0.4) is 0 Å². The molecule has 0 radical (unpaired) electrons. The van der Waals surface area contributed by atoms with Crippen LogP contribution in [0.1, 0.15) is 10.4 Å². The molecule has 1 aromatic heterocycles. The van der Waals surface area contributed by atoms with E-state index in [2.05, 4.69) is 15.5 Å². The van der Waals surface area contributed by atoms with Crippen LogP contribution in [-0.4, -0.2) is 36.8 Å². The van der Waals surface area contributed by atoms with Crippen molar-refractivity contribution in [1.29, 1.82) is 0 Å². The fraction of sp³-hybridized carbons (Fsp3) is 0.0667. The number of aromatic nitrogens is 4. The molecule has 3 aromatic rings. The molecule has 0 bridgehead atoms. The van der Waals surface area contributed by atoms with E-state index < -0.39 is 0 Å². The molecule has 3 rings (SSSR count). The van der Waals surface area contributed by atoms with E-state index in [1.54, 1.807) is 48.5 Å². The first-order valence-electron chi connectivity index (χ1n) is 6.63. The van der Waals surface area contributed by atoms with Crippen molar-refractivity contribution in [2.45, 2.75) is 5.16 Å². The summed E-state index contributed by atoms with van der Waals surface area (Å²) in [6, 6.07) is 13.2. The number of halogens is 1. The number of ketones is 1. The quantitative estimate of drug-likeness (QED) is 0.565. The average molecular weight is 347 g/mol. The van der Waals surface area contributed by atoms with Gasteiger partial charge in [0.2, 0.25) is 5.16 Å². The monoisotopic (exact) mass is 346 g/mol. The Balaban J connectivity index is 1.72. The molecule has 0 unspecified atom stereocenters. The lowest BCUT2D eigenvalue weighted by Gasteiger charge is -2.04. The maximum atomic E-state index is 12.2. The second-order valence-electron chi connectivity index (χ2n) is 4.61. The number of carbonyl (C=O) groups is 1. The summed E-state index contributed by atoms with van der Waals surface area (Å²) >= 11 is 7.05. The van der Waals surface area contributed by atoms with E-state index in [0.717, 1.165) is 0 Å². The Kier molecular flexibility index (Phi) is 4.59. The topological polar surface area (TPSA) is 80.9 Å². The lowest BCUT2D eigenvalue weighted by atomic mass is 10.1. The summed E-state index contributed by atoms with van der Waals surface area (Å²) in [6.45, 7) is 0. The van der Waals surface area contributed by atoms with Gasteiger partial charge in [-0.1, -0.05) is 23.4 Å². The van der Waals surface area contributed by atoms with Crippen LogP contribution in [0.25, 0.3) is 5.69 Å². The normalized spacial score (nSPS) is 10.7. The molecule has 0 saturated heterocycles. The number of hydrogen-bond acceptors (Lipinski definition) is 6. The summed E-state index contributed by atoms with van der Waals surface area (Å²) in [5, 5.41) is 21.9. The second kappa shape index (κ2) is 6.80. The zero-order chi connectivity index (χ0) is 16.2. The summed E-state index contributed by atoms with van der Waals surface area (Å²) in [5.74, 6) is 0.334. The van der Waals surface area contributed by atoms with E-state index in [1.165, 1.54) is 16.4 Å². The summed E-state index contributed by atoms with van der Waals surface area (Å²) < 4.78 is 1.51. The Morgan fingerprint density at radius 3 is 2.52 bits per heavy atom. The van der Waals surface area contributed by atoms with Gasteiger partial charge in [0.15, 0.2) is 5.78 Å². The molecule has 1 heterocycles. The number of tetrazole rings is 1. The van der Waals surface area contributed by atoms with Crippen LogP contribution in [0.2, 0.25) is 5.02 Å². The number of hydrogen-bond donors (Lipinski definition) is 1. The number of phenols is 1. The van der Waals surface area contributed by atoms with Gasteiger partial charge in [0, 0.05) is 10.6 Å². The van der Waals surface area contributed by atoms with E-state index in [0.29, 0.717) is 21.4 Å². The number of phenolic OH excluding ortho intramolecular Hbond substituents is 1. The van der Waals surface area contributed by atoms with Gasteiger partial charge in [-0.3, -0.25) is 4.79 Å². The Labute approximate surface area is 141 Å². The average Bonchev–Trinajstić information content (AvgIpc) is 3.02. The number of rotatable bonds is 5. The minimum Gasteiger partial charge on any atom is -0.508 e. The van der Waals surface area contributed by atoms with Crippen molar-refractivity contribution in [3.63, 3.8) is 0 Å². The zero-order valence-electron chi connectivity index (χ0n) is 11.8. The van der Waals surface area contributed by atoms with Crippen molar-refractivity contribution in [3.8, 4) is 11.4 Å². The second-order valence-corrected chi connectivity index (χ2v) is 5.99. The lowest BCUT2D eigenvalue weighted by Crippen LogP contribution is -2.04. The number of Topliss-reactive ketones (excluding diaryl/α,β-unsaturated/α-hetero) is 1. The van der Waals surface area contributed by atoms with Gasteiger partial charge in [-0.25, -0.2) is 0 Å². The molecule has 6 nitrogen and oxygen atoms in total. The summed E-state index contributed by atoms with van der Waals surface area (Å²) in [5.41, 5.74) is 1.29. The molecule has 0 amide bonds. The van der Waals surface area contributed by atoms with Crippen molar-refractivity contribution in [2.75, 3.05) is 5.75 Å². The van der Waals surface area contributed by atoms with Crippen molar-refractivity contribution < 1.29 is 9.90 Å². The molecule has 0 atom stereocenters. The lowest BCUT2D eigenvalue weighted by molar-refractivity contribution is 0.102. The fourth-order valence-corrected chi connectivity index (χ4v) is 2.79. The van der Waals surface area contributed by atoms with E-state index in [4.69, 9.17) is 11.6 Å². The van der Waals surface area contributed by atoms with Gasteiger partial charge in [0.05, 0.1) is 11.4 Å². The first-order chi connectivity index (χ1) is 11.1. The highest BCUT2D eigenvalue weighted by Crippen LogP contribution is 2.21. The minimum atomic E-state index is -0.0353. The van der Waals surface area contributed by atoms with Gasteiger partial charge < -0.3 is 5.11 Å². The SMILES string of the molecule is O=C(CSc1nnnn1-c1ccc(O)cc1)c1ccc(Cl)cc1. The first kappa shape index (κ1) is 15.5. The molecule has 116 valence electrons. The molecule has 1 N–H and O–H groups in total. The third-order valence-corrected chi connectivity index (χ3v) is 4.21. The van der Waals surface area contributed by atoms with E-state index in [1.807, 2.05) is 0 Å². The minimum absolute atomic E-state index is 0.0353. The molecule has 0 spiro atoms. The summed E-state index contributed by atoms with van der Waals surface area (Å²) in [6.07, 6.45) is 0. The third kappa shape index (κ3) is 3.69. The van der Waals surface area contributed by atoms with Crippen molar-refractivity contribution >= 4 is 29.1 Å². The van der Waals surface area contributed by atoms with Crippen molar-refractivity contribution in [2.24, 2.45) is 0 Å². The Bertz CT molecular complexity index is 818. The predicted octanol–water partition coefficient (Wildman–Crippen LogP) is 3.00.